The molecule has 2 rings (SSSR count). The van der Waals surface area contributed by atoms with Crippen molar-refractivity contribution in [3.05, 3.63) is 45.8 Å². The van der Waals surface area contributed by atoms with E-state index in [1.807, 2.05) is 12.1 Å². The van der Waals surface area contributed by atoms with Gasteiger partial charge in [-0.25, -0.2) is 0 Å². The summed E-state index contributed by atoms with van der Waals surface area (Å²) < 4.78 is 7.00. The Bertz CT molecular complexity index is 622. The van der Waals surface area contributed by atoms with E-state index in [0.717, 1.165) is 3.57 Å². The van der Waals surface area contributed by atoms with E-state index in [2.05, 4.69) is 37.7 Å². The predicted molar refractivity (Wildman–Crippen MR) is 81.4 cm³/mol. The number of nitrogens with one attached hydrogen (secondary N) is 1. The molecule has 1 aromatic heterocycles. The number of carbonyl (C=O) groups is 2. The molecule has 20 heavy (non-hydrogen) atoms. The molecule has 0 aliphatic carbocycles. The third-order valence-corrected chi connectivity index (χ3v) is 3.24. The van der Waals surface area contributed by atoms with Crippen molar-refractivity contribution in [3.63, 3.8) is 0 Å². The Kier molecular flexibility index (Phi) is 4.72. The highest BCUT2D eigenvalue weighted by molar-refractivity contribution is 14.1. The van der Waals surface area contributed by atoms with E-state index < -0.39 is 5.97 Å². The van der Waals surface area contributed by atoms with Crippen molar-refractivity contribution in [1.29, 1.82) is 0 Å². The number of anilines is 1. The van der Waals surface area contributed by atoms with Crippen LogP contribution >= 0.6 is 22.6 Å². The van der Waals surface area contributed by atoms with Gasteiger partial charge in [-0.2, -0.15) is 5.10 Å². The van der Waals surface area contributed by atoms with Crippen molar-refractivity contribution in [2.24, 2.45) is 0 Å². The average Bonchev–Trinajstić information content (AvgIpc) is 2.86. The quantitative estimate of drug-likeness (QED) is 0.645. The van der Waals surface area contributed by atoms with Gasteiger partial charge in [0.25, 0.3) is 5.91 Å². The van der Waals surface area contributed by atoms with Gasteiger partial charge in [-0.1, -0.05) is 0 Å². The summed E-state index contributed by atoms with van der Waals surface area (Å²) in [5, 5.41) is 6.68. The van der Waals surface area contributed by atoms with Gasteiger partial charge in [-0.15, -0.1) is 0 Å². The highest BCUT2D eigenvalue weighted by atomic mass is 127. The second-order valence-corrected chi connectivity index (χ2v) is 5.21. The summed E-state index contributed by atoms with van der Waals surface area (Å²) in [5.41, 5.74) is 1.09. The molecule has 0 unspecified atom stereocenters. The number of carbonyl (C=O) groups excluding carboxylic acids is 2. The van der Waals surface area contributed by atoms with E-state index in [0.29, 0.717) is 11.3 Å². The lowest BCUT2D eigenvalue weighted by atomic mass is 10.2. The first-order valence-electron chi connectivity index (χ1n) is 5.74. The number of amides is 1. The molecule has 0 aliphatic heterocycles. The van der Waals surface area contributed by atoms with Gasteiger partial charge in [-0.3, -0.25) is 14.3 Å². The van der Waals surface area contributed by atoms with E-state index in [4.69, 9.17) is 0 Å². The maximum atomic E-state index is 12.0. The molecule has 1 amide bonds. The number of rotatable bonds is 4. The molecule has 0 radical (unpaired) electrons. The largest absolute Gasteiger partial charge is 0.468 e. The zero-order valence-electron chi connectivity index (χ0n) is 10.7. The van der Waals surface area contributed by atoms with Gasteiger partial charge < -0.3 is 10.1 Å². The Morgan fingerprint density at radius 2 is 2.05 bits per heavy atom. The first kappa shape index (κ1) is 14.5. The minimum atomic E-state index is -0.399. The normalized spacial score (nSPS) is 10.1. The Hall–Kier alpha value is -1.90. The zero-order valence-corrected chi connectivity index (χ0v) is 12.8. The second kappa shape index (κ2) is 6.51. The lowest BCUT2D eigenvalue weighted by molar-refractivity contribution is -0.141. The Labute approximate surface area is 129 Å². The molecule has 0 fully saturated rings. The van der Waals surface area contributed by atoms with Gasteiger partial charge in [0.05, 0.1) is 19.0 Å². The molecule has 104 valence electrons. The van der Waals surface area contributed by atoms with Crippen LogP contribution in [0.4, 0.5) is 5.69 Å². The lowest BCUT2D eigenvalue weighted by Crippen LogP contribution is -2.12. The second-order valence-electron chi connectivity index (χ2n) is 3.96. The summed E-state index contributed by atoms with van der Waals surface area (Å²) in [6, 6.07) is 7.21. The van der Waals surface area contributed by atoms with Crippen LogP contribution in [0.25, 0.3) is 0 Å². The Morgan fingerprint density at radius 1 is 1.35 bits per heavy atom. The zero-order chi connectivity index (χ0) is 14.5. The SMILES string of the molecule is COC(=O)Cn1cc(NC(=O)c2ccc(I)cc2)cn1. The smallest absolute Gasteiger partial charge is 0.327 e. The summed E-state index contributed by atoms with van der Waals surface area (Å²) >= 11 is 2.17. The van der Waals surface area contributed by atoms with Gasteiger partial charge in [0.2, 0.25) is 0 Å². The third-order valence-electron chi connectivity index (χ3n) is 2.52. The molecule has 7 heteroatoms. The van der Waals surface area contributed by atoms with Crippen molar-refractivity contribution in [1.82, 2.24) is 9.78 Å². The van der Waals surface area contributed by atoms with E-state index in [1.54, 1.807) is 18.3 Å². The molecule has 1 heterocycles. The molecule has 0 bridgehead atoms. The van der Waals surface area contributed by atoms with Crippen LogP contribution in [0, 0.1) is 3.57 Å². The number of esters is 1. The molecule has 0 saturated carbocycles. The van der Waals surface area contributed by atoms with Gasteiger partial charge in [0.1, 0.15) is 6.54 Å². The predicted octanol–water partition coefficient (Wildman–Crippen LogP) is 1.91. The number of hydrogen-bond donors (Lipinski definition) is 1. The third kappa shape index (κ3) is 3.80. The molecular weight excluding hydrogens is 373 g/mol. The van der Waals surface area contributed by atoms with Gasteiger partial charge in [-0.05, 0) is 46.9 Å². The molecule has 2 aromatic rings. The van der Waals surface area contributed by atoms with Gasteiger partial charge in [0, 0.05) is 15.3 Å². The summed E-state index contributed by atoms with van der Waals surface area (Å²) in [6.45, 7) is 0.00982. The average molecular weight is 385 g/mol. The van der Waals surface area contributed by atoms with E-state index in [-0.39, 0.29) is 12.5 Å². The van der Waals surface area contributed by atoms with E-state index in [1.165, 1.54) is 18.0 Å². The molecule has 0 saturated heterocycles. The van der Waals surface area contributed by atoms with E-state index >= 15 is 0 Å². The van der Waals surface area contributed by atoms with Crippen LogP contribution in [0.2, 0.25) is 0 Å². The number of methoxy groups -OCH3 is 1. The van der Waals surface area contributed by atoms with Crippen molar-refractivity contribution in [2.45, 2.75) is 6.54 Å². The highest BCUT2D eigenvalue weighted by Crippen LogP contribution is 2.10. The fourth-order valence-corrected chi connectivity index (χ4v) is 1.88. The van der Waals surface area contributed by atoms with Crippen molar-refractivity contribution >= 4 is 40.2 Å². The number of benzene rings is 1. The van der Waals surface area contributed by atoms with Crippen LogP contribution in [-0.4, -0.2) is 28.8 Å². The molecule has 1 aromatic carbocycles. The molecular formula is C13H12IN3O3. The maximum absolute atomic E-state index is 12.0. The van der Waals surface area contributed by atoms with Crippen molar-refractivity contribution in [3.8, 4) is 0 Å². The molecule has 6 nitrogen and oxygen atoms in total. The first-order valence-corrected chi connectivity index (χ1v) is 6.82. The van der Waals surface area contributed by atoms with Crippen LogP contribution in [0.15, 0.2) is 36.7 Å². The topological polar surface area (TPSA) is 73.2 Å². The number of nitrogens with zero attached hydrogens (tertiary/aromatic N) is 2. The fourth-order valence-electron chi connectivity index (χ4n) is 1.52. The van der Waals surface area contributed by atoms with Crippen LogP contribution in [-0.2, 0) is 16.1 Å². The van der Waals surface area contributed by atoms with Gasteiger partial charge >= 0.3 is 5.97 Å². The standard InChI is InChI=1S/C13H12IN3O3/c1-20-12(18)8-17-7-11(6-15-17)16-13(19)9-2-4-10(14)5-3-9/h2-7H,8H2,1H3,(H,16,19). The summed E-state index contributed by atoms with van der Waals surface area (Å²) in [4.78, 5) is 23.1. The van der Waals surface area contributed by atoms with E-state index in [9.17, 15) is 9.59 Å². The van der Waals surface area contributed by atoms with Crippen LogP contribution < -0.4 is 5.32 Å². The van der Waals surface area contributed by atoms with Crippen LogP contribution in [0.1, 0.15) is 10.4 Å². The minimum Gasteiger partial charge on any atom is -0.468 e. The lowest BCUT2D eigenvalue weighted by Gasteiger charge is -2.02. The van der Waals surface area contributed by atoms with Crippen LogP contribution in [0.3, 0.4) is 0 Å². The summed E-state index contributed by atoms with van der Waals surface area (Å²) in [7, 11) is 1.31. The number of aromatic nitrogens is 2. The van der Waals surface area contributed by atoms with Crippen molar-refractivity contribution < 1.29 is 14.3 Å². The van der Waals surface area contributed by atoms with Crippen LogP contribution in [0.5, 0.6) is 0 Å². The number of halogens is 1. The maximum Gasteiger partial charge on any atom is 0.327 e. The molecule has 0 aliphatic rings. The summed E-state index contributed by atoms with van der Waals surface area (Å²) in [5.74, 6) is -0.623. The number of hydrogen-bond acceptors (Lipinski definition) is 4. The monoisotopic (exact) mass is 385 g/mol. The molecule has 0 atom stereocenters. The first-order chi connectivity index (χ1) is 9.58. The Morgan fingerprint density at radius 3 is 2.70 bits per heavy atom. The summed E-state index contributed by atoms with van der Waals surface area (Å²) in [6.07, 6.45) is 3.05. The number of ether oxygens (including phenoxy) is 1. The highest BCUT2D eigenvalue weighted by Gasteiger charge is 2.08. The Balaban J connectivity index is 2.01. The molecule has 1 N–H and O–H groups in total. The fraction of sp³-hybridized carbons (Fsp3) is 0.154. The van der Waals surface area contributed by atoms with Crippen molar-refractivity contribution in [2.75, 3.05) is 12.4 Å². The molecule has 0 spiro atoms. The van der Waals surface area contributed by atoms with Gasteiger partial charge in [0.15, 0.2) is 0 Å². The minimum absolute atomic E-state index is 0.00982.